The predicted octanol–water partition coefficient (Wildman–Crippen LogP) is 0.109. The van der Waals surface area contributed by atoms with E-state index in [0.29, 0.717) is 0 Å². The molecule has 0 bridgehead atoms. The van der Waals surface area contributed by atoms with Crippen LogP contribution < -0.4 is 11.5 Å². The molecule has 1 rings (SSSR count). The van der Waals surface area contributed by atoms with Gasteiger partial charge in [0.1, 0.15) is 5.54 Å². The van der Waals surface area contributed by atoms with E-state index < -0.39 is 5.54 Å². The van der Waals surface area contributed by atoms with Gasteiger partial charge in [-0.25, -0.2) is 0 Å². The summed E-state index contributed by atoms with van der Waals surface area (Å²) in [5.74, 6) is 0. The molecule has 1 saturated carbocycles. The Kier molecular flexibility index (Phi) is 1.93. The van der Waals surface area contributed by atoms with Crippen molar-refractivity contribution in [2.24, 2.45) is 11.5 Å². The maximum absolute atomic E-state index is 8.62. The highest BCUT2D eigenvalue weighted by atomic mass is 14.8. The molecule has 10 heavy (non-hydrogen) atoms. The van der Waals surface area contributed by atoms with Gasteiger partial charge in [0.2, 0.25) is 0 Å². The molecule has 0 saturated heterocycles. The van der Waals surface area contributed by atoms with Crippen molar-refractivity contribution in [1.29, 1.82) is 5.26 Å². The van der Waals surface area contributed by atoms with Crippen LogP contribution >= 0.6 is 0 Å². The van der Waals surface area contributed by atoms with Crippen molar-refractivity contribution in [2.75, 3.05) is 0 Å². The summed E-state index contributed by atoms with van der Waals surface area (Å²) in [7, 11) is 0. The molecule has 4 N–H and O–H groups in total. The summed E-state index contributed by atoms with van der Waals surface area (Å²) < 4.78 is 0. The molecule has 0 radical (unpaired) electrons. The Morgan fingerprint density at radius 3 is 2.30 bits per heavy atom. The van der Waals surface area contributed by atoms with Gasteiger partial charge in [-0.2, -0.15) is 5.26 Å². The lowest BCUT2D eigenvalue weighted by Gasteiger charge is -2.29. The van der Waals surface area contributed by atoms with Gasteiger partial charge < -0.3 is 11.5 Å². The number of hydrogen-bond donors (Lipinski definition) is 2. The molecule has 0 atom stereocenters. The zero-order valence-electron chi connectivity index (χ0n) is 6.01. The standard InChI is InChI=1S/C7H13N3/c8-5-7(10)3-1-6(9)2-4-7/h6H,1-4,9-10H2. The number of rotatable bonds is 0. The lowest BCUT2D eigenvalue weighted by atomic mass is 9.82. The van der Waals surface area contributed by atoms with Crippen molar-refractivity contribution in [3.05, 3.63) is 0 Å². The maximum Gasteiger partial charge on any atom is 0.104 e. The minimum Gasteiger partial charge on any atom is -0.328 e. The van der Waals surface area contributed by atoms with Gasteiger partial charge in [-0.15, -0.1) is 0 Å². The van der Waals surface area contributed by atoms with Gasteiger partial charge in [0.25, 0.3) is 0 Å². The average molecular weight is 139 g/mol. The maximum atomic E-state index is 8.62. The molecule has 56 valence electrons. The van der Waals surface area contributed by atoms with Gasteiger partial charge in [-0.1, -0.05) is 0 Å². The molecule has 0 aromatic carbocycles. The van der Waals surface area contributed by atoms with Gasteiger partial charge in [0, 0.05) is 6.04 Å². The van der Waals surface area contributed by atoms with Crippen molar-refractivity contribution < 1.29 is 0 Å². The lowest BCUT2D eigenvalue weighted by Crippen LogP contribution is -2.44. The molecule has 1 aliphatic carbocycles. The van der Waals surface area contributed by atoms with Gasteiger partial charge in [-0.3, -0.25) is 0 Å². The molecule has 3 heteroatoms. The molecule has 0 unspecified atom stereocenters. The molecule has 3 nitrogen and oxygen atoms in total. The Labute approximate surface area is 61.0 Å². The summed E-state index contributed by atoms with van der Waals surface area (Å²) in [4.78, 5) is 0. The van der Waals surface area contributed by atoms with Crippen LogP contribution in [0.5, 0.6) is 0 Å². The monoisotopic (exact) mass is 139 g/mol. The third-order valence-corrected chi connectivity index (χ3v) is 2.15. The highest BCUT2D eigenvalue weighted by Gasteiger charge is 2.29. The highest BCUT2D eigenvalue weighted by molar-refractivity contribution is 5.07. The van der Waals surface area contributed by atoms with E-state index in [0.717, 1.165) is 25.7 Å². The summed E-state index contributed by atoms with van der Waals surface area (Å²) in [6.45, 7) is 0. The van der Waals surface area contributed by atoms with Crippen LogP contribution in [0, 0.1) is 11.3 Å². The first-order valence-electron chi connectivity index (χ1n) is 3.62. The molecular formula is C7H13N3. The van der Waals surface area contributed by atoms with Crippen LogP contribution in [0.1, 0.15) is 25.7 Å². The largest absolute Gasteiger partial charge is 0.328 e. The SMILES string of the molecule is N#CC1(N)CCC(N)CC1. The minimum atomic E-state index is -0.574. The van der Waals surface area contributed by atoms with E-state index in [2.05, 4.69) is 6.07 Å². The van der Waals surface area contributed by atoms with Crippen molar-refractivity contribution in [2.45, 2.75) is 37.3 Å². The summed E-state index contributed by atoms with van der Waals surface area (Å²) in [6.07, 6.45) is 3.30. The van der Waals surface area contributed by atoms with Gasteiger partial charge >= 0.3 is 0 Å². The molecular weight excluding hydrogens is 126 g/mol. The fourth-order valence-electron chi connectivity index (χ4n) is 1.27. The van der Waals surface area contributed by atoms with Crippen LogP contribution in [0.4, 0.5) is 0 Å². The van der Waals surface area contributed by atoms with Crippen LogP contribution in [0.15, 0.2) is 0 Å². The minimum absolute atomic E-state index is 0.269. The average Bonchev–Trinajstić information content (AvgIpc) is 1.96. The Morgan fingerprint density at radius 2 is 1.90 bits per heavy atom. The van der Waals surface area contributed by atoms with E-state index in [1.165, 1.54) is 0 Å². The van der Waals surface area contributed by atoms with Gasteiger partial charge in [0.15, 0.2) is 0 Å². The second-order valence-electron chi connectivity index (χ2n) is 3.11. The van der Waals surface area contributed by atoms with E-state index in [-0.39, 0.29) is 6.04 Å². The van der Waals surface area contributed by atoms with Crippen molar-refractivity contribution in [1.82, 2.24) is 0 Å². The topological polar surface area (TPSA) is 75.8 Å². The number of hydrogen-bond acceptors (Lipinski definition) is 3. The molecule has 0 aromatic heterocycles. The molecule has 0 aliphatic heterocycles. The Hall–Kier alpha value is -0.590. The van der Waals surface area contributed by atoms with Crippen LogP contribution in [-0.2, 0) is 0 Å². The third-order valence-electron chi connectivity index (χ3n) is 2.15. The second-order valence-corrected chi connectivity index (χ2v) is 3.11. The molecule has 0 heterocycles. The van der Waals surface area contributed by atoms with Gasteiger partial charge in [-0.05, 0) is 25.7 Å². The van der Waals surface area contributed by atoms with Crippen LogP contribution in [0.2, 0.25) is 0 Å². The van der Waals surface area contributed by atoms with E-state index in [1.54, 1.807) is 0 Å². The fourth-order valence-corrected chi connectivity index (χ4v) is 1.27. The van der Waals surface area contributed by atoms with Crippen LogP contribution in [-0.4, -0.2) is 11.6 Å². The van der Waals surface area contributed by atoms with Crippen LogP contribution in [0.3, 0.4) is 0 Å². The predicted molar refractivity (Wildman–Crippen MR) is 39.0 cm³/mol. The normalized spacial score (nSPS) is 40.7. The van der Waals surface area contributed by atoms with E-state index in [4.69, 9.17) is 16.7 Å². The smallest absolute Gasteiger partial charge is 0.104 e. The molecule has 0 spiro atoms. The van der Waals surface area contributed by atoms with Crippen molar-refractivity contribution >= 4 is 0 Å². The van der Waals surface area contributed by atoms with Crippen molar-refractivity contribution in [3.8, 4) is 6.07 Å². The van der Waals surface area contributed by atoms with Crippen LogP contribution in [0.25, 0.3) is 0 Å². The van der Waals surface area contributed by atoms with E-state index >= 15 is 0 Å². The van der Waals surface area contributed by atoms with E-state index in [1.807, 2.05) is 0 Å². The number of nitrogens with two attached hydrogens (primary N) is 2. The zero-order chi connectivity index (χ0) is 7.61. The van der Waals surface area contributed by atoms with E-state index in [9.17, 15) is 0 Å². The highest BCUT2D eigenvalue weighted by Crippen LogP contribution is 2.24. The van der Waals surface area contributed by atoms with Gasteiger partial charge in [0.05, 0.1) is 6.07 Å². The first kappa shape index (κ1) is 7.52. The Balaban J connectivity index is 2.48. The lowest BCUT2D eigenvalue weighted by molar-refractivity contribution is 0.334. The Bertz CT molecular complexity index is 151. The first-order chi connectivity index (χ1) is 4.66. The molecule has 0 aromatic rings. The quantitative estimate of drug-likeness (QED) is 0.500. The summed E-state index contributed by atoms with van der Waals surface area (Å²) in [5.41, 5.74) is 10.8. The third kappa shape index (κ3) is 1.47. The summed E-state index contributed by atoms with van der Waals surface area (Å²) in [5, 5.41) is 8.62. The molecule has 1 fully saturated rings. The summed E-state index contributed by atoms with van der Waals surface area (Å²) in [6, 6.07) is 2.39. The fraction of sp³-hybridized carbons (Fsp3) is 0.857. The summed E-state index contributed by atoms with van der Waals surface area (Å²) >= 11 is 0. The molecule has 1 aliphatic rings. The number of nitriles is 1. The van der Waals surface area contributed by atoms with Crippen molar-refractivity contribution in [3.63, 3.8) is 0 Å². The second kappa shape index (κ2) is 2.57. The number of nitrogens with zero attached hydrogens (tertiary/aromatic N) is 1. The Morgan fingerprint density at radius 1 is 1.40 bits per heavy atom. The molecule has 0 amide bonds. The zero-order valence-corrected chi connectivity index (χ0v) is 6.01. The first-order valence-corrected chi connectivity index (χ1v) is 3.62.